The van der Waals surface area contributed by atoms with Crippen LogP contribution in [0, 0.1) is 0 Å². The van der Waals surface area contributed by atoms with E-state index in [9.17, 15) is 18.0 Å². The fraction of sp³-hybridized carbons (Fsp3) is 0.500. The van der Waals surface area contributed by atoms with Gasteiger partial charge in [0.2, 0.25) is 5.91 Å². The summed E-state index contributed by atoms with van der Waals surface area (Å²) in [6.45, 7) is 4.22. The van der Waals surface area contributed by atoms with Gasteiger partial charge in [-0.1, -0.05) is 13.8 Å². The molecule has 0 saturated carbocycles. The number of nitrogens with one attached hydrogen (secondary N) is 1. The zero-order chi connectivity index (χ0) is 17.9. The molecule has 2 rings (SSSR count). The number of nitrogens with zero attached hydrogens (tertiary/aromatic N) is 3. The molecule has 0 aliphatic rings. The largest absolute Gasteiger partial charge is 0.412 e. The van der Waals surface area contributed by atoms with E-state index in [1.165, 1.54) is 23.0 Å². The number of aryl methyl sites for hydroxylation is 2. The molecule has 0 aliphatic heterocycles. The van der Waals surface area contributed by atoms with Crippen molar-refractivity contribution >= 4 is 5.91 Å². The Balaban J connectivity index is 2.02. The number of alkyl halides is 3. The highest BCUT2D eigenvalue weighted by Crippen LogP contribution is 2.32. The Bertz CT molecular complexity index is 688. The predicted octanol–water partition coefficient (Wildman–Crippen LogP) is 3.15. The van der Waals surface area contributed by atoms with Crippen LogP contribution in [0.2, 0.25) is 0 Å². The number of halogens is 3. The number of carbonyl (C=O) groups is 1. The van der Waals surface area contributed by atoms with E-state index in [0.29, 0.717) is 6.54 Å². The zero-order valence-corrected chi connectivity index (χ0v) is 13.8. The Labute approximate surface area is 138 Å². The Morgan fingerprint density at radius 1 is 1.33 bits per heavy atom. The van der Waals surface area contributed by atoms with Gasteiger partial charge in [0.25, 0.3) is 0 Å². The quantitative estimate of drug-likeness (QED) is 0.877. The summed E-state index contributed by atoms with van der Waals surface area (Å²) in [4.78, 5) is 16.2. The minimum absolute atomic E-state index is 0.0175. The summed E-state index contributed by atoms with van der Waals surface area (Å²) in [6.07, 6.45) is 1.62. The average molecular weight is 342 g/mol. The lowest BCUT2D eigenvalue weighted by molar-refractivity contribution is -0.163. The van der Waals surface area contributed by atoms with Gasteiger partial charge in [-0.05, 0) is 6.07 Å². The summed E-state index contributed by atoms with van der Waals surface area (Å²) in [7, 11) is 1.63. The molecule has 0 bridgehead atoms. The van der Waals surface area contributed by atoms with Crippen LogP contribution in [0.3, 0.4) is 0 Å². The summed E-state index contributed by atoms with van der Waals surface area (Å²) in [5.41, 5.74) is 0.0175. The van der Waals surface area contributed by atoms with Crippen LogP contribution in [0.4, 0.5) is 13.2 Å². The molecule has 5 nitrogen and oxygen atoms in total. The SMILES string of the molecule is CC(C)c1nccn1CCC(=O)N[C@@H](c1ccn(C)c1)C(F)(F)F. The Morgan fingerprint density at radius 2 is 2.04 bits per heavy atom. The molecule has 0 fully saturated rings. The van der Waals surface area contributed by atoms with Crippen LogP contribution in [0.15, 0.2) is 30.9 Å². The highest BCUT2D eigenvalue weighted by atomic mass is 19.4. The van der Waals surface area contributed by atoms with Crippen LogP contribution in [0.1, 0.15) is 43.6 Å². The van der Waals surface area contributed by atoms with E-state index in [1.54, 1.807) is 24.0 Å². The van der Waals surface area contributed by atoms with Crippen LogP contribution < -0.4 is 5.32 Å². The highest BCUT2D eigenvalue weighted by Gasteiger charge is 2.42. The number of rotatable bonds is 6. The van der Waals surface area contributed by atoms with Gasteiger partial charge in [-0.25, -0.2) is 4.98 Å². The summed E-state index contributed by atoms with van der Waals surface area (Å²) < 4.78 is 43.0. The second-order valence-electron chi connectivity index (χ2n) is 6.04. The molecule has 0 saturated heterocycles. The first-order valence-electron chi connectivity index (χ1n) is 7.67. The molecule has 0 spiro atoms. The first-order chi connectivity index (χ1) is 11.2. The minimum Gasteiger partial charge on any atom is -0.357 e. The van der Waals surface area contributed by atoms with Crippen LogP contribution >= 0.6 is 0 Å². The molecule has 2 heterocycles. The van der Waals surface area contributed by atoms with Crippen LogP contribution in [0.5, 0.6) is 0 Å². The maximum atomic E-state index is 13.2. The molecule has 1 amide bonds. The van der Waals surface area contributed by atoms with Crippen LogP contribution in [0.25, 0.3) is 0 Å². The van der Waals surface area contributed by atoms with E-state index < -0.39 is 18.1 Å². The van der Waals surface area contributed by atoms with Gasteiger partial charge in [-0.3, -0.25) is 4.79 Å². The topological polar surface area (TPSA) is 51.9 Å². The van der Waals surface area contributed by atoms with Gasteiger partial charge >= 0.3 is 6.18 Å². The molecular formula is C16H21F3N4O. The molecule has 2 aromatic rings. The van der Waals surface area contributed by atoms with Crippen molar-refractivity contribution in [2.24, 2.45) is 7.05 Å². The monoisotopic (exact) mass is 342 g/mol. The van der Waals surface area contributed by atoms with Gasteiger partial charge < -0.3 is 14.5 Å². The second kappa shape index (κ2) is 7.11. The Morgan fingerprint density at radius 3 is 2.58 bits per heavy atom. The third kappa shape index (κ3) is 4.39. The molecule has 1 N–H and O–H groups in total. The molecule has 1 atom stereocenters. The lowest BCUT2D eigenvalue weighted by atomic mass is 10.1. The van der Waals surface area contributed by atoms with Gasteiger partial charge in [0.1, 0.15) is 5.82 Å². The van der Waals surface area contributed by atoms with E-state index in [-0.39, 0.29) is 17.9 Å². The smallest absolute Gasteiger partial charge is 0.357 e. The molecule has 24 heavy (non-hydrogen) atoms. The lowest BCUT2D eigenvalue weighted by Crippen LogP contribution is -2.38. The van der Waals surface area contributed by atoms with Crippen molar-refractivity contribution in [1.29, 1.82) is 0 Å². The fourth-order valence-electron chi connectivity index (χ4n) is 2.52. The summed E-state index contributed by atoms with van der Waals surface area (Å²) in [6, 6.07) is -0.649. The molecule has 0 aromatic carbocycles. The van der Waals surface area contributed by atoms with Crippen molar-refractivity contribution in [1.82, 2.24) is 19.4 Å². The average Bonchev–Trinajstić information content (AvgIpc) is 3.10. The van der Waals surface area contributed by atoms with Gasteiger partial charge in [0.15, 0.2) is 6.04 Å². The number of carbonyl (C=O) groups excluding carboxylic acids is 1. The molecule has 132 valence electrons. The maximum Gasteiger partial charge on any atom is 0.412 e. The van der Waals surface area contributed by atoms with Crippen molar-refractivity contribution in [3.8, 4) is 0 Å². The highest BCUT2D eigenvalue weighted by molar-refractivity contribution is 5.76. The van der Waals surface area contributed by atoms with Gasteiger partial charge in [-0.15, -0.1) is 0 Å². The molecular weight excluding hydrogens is 321 g/mol. The van der Waals surface area contributed by atoms with Crippen LogP contribution in [-0.2, 0) is 18.4 Å². The standard InChI is InChI=1S/C16H21F3N4O/c1-11(2)15-20-6-9-23(15)8-5-13(24)21-14(16(17,18)19)12-4-7-22(3)10-12/h4,6-7,9-11,14H,5,8H2,1-3H3,(H,21,24)/t14-/m0/s1. The van der Waals surface area contributed by atoms with Crippen molar-refractivity contribution in [2.75, 3.05) is 0 Å². The Hall–Kier alpha value is -2.25. The van der Waals surface area contributed by atoms with Gasteiger partial charge in [-0.2, -0.15) is 13.2 Å². The summed E-state index contributed by atoms with van der Waals surface area (Å²) in [5.74, 6) is 0.332. The predicted molar refractivity (Wildman–Crippen MR) is 83.3 cm³/mol. The first kappa shape index (κ1) is 18.1. The van der Waals surface area contributed by atoms with E-state index in [0.717, 1.165) is 5.82 Å². The van der Waals surface area contributed by atoms with Crippen molar-refractivity contribution in [2.45, 2.75) is 44.9 Å². The van der Waals surface area contributed by atoms with Gasteiger partial charge in [0, 0.05) is 56.3 Å². The van der Waals surface area contributed by atoms with E-state index >= 15 is 0 Å². The van der Waals surface area contributed by atoms with E-state index in [4.69, 9.17) is 0 Å². The number of amides is 1. The minimum atomic E-state index is -4.55. The molecule has 0 aliphatic carbocycles. The normalized spacial score (nSPS) is 13.3. The van der Waals surface area contributed by atoms with Gasteiger partial charge in [0.05, 0.1) is 0 Å². The number of aromatic nitrogens is 3. The lowest BCUT2D eigenvalue weighted by Gasteiger charge is -2.21. The van der Waals surface area contributed by atoms with Crippen molar-refractivity contribution in [3.05, 3.63) is 42.2 Å². The van der Waals surface area contributed by atoms with Crippen molar-refractivity contribution < 1.29 is 18.0 Å². The maximum absolute atomic E-state index is 13.2. The number of hydrogen-bond donors (Lipinski definition) is 1. The second-order valence-corrected chi connectivity index (χ2v) is 6.04. The molecule has 8 heteroatoms. The van der Waals surface area contributed by atoms with E-state index in [2.05, 4.69) is 10.3 Å². The third-order valence-corrected chi connectivity index (χ3v) is 3.66. The molecule has 2 aromatic heterocycles. The Kier molecular flexibility index (Phi) is 5.36. The first-order valence-corrected chi connectivity index (χ1v) is 7.67. The zero-order valence-electron chi connectivity index (χ0n) is 13.8. The summed E-state index contributed by atoms with van der Waals surface area (Å²) in [5, 5.41) is 2.09. The number of hydrogen-bond acceptors (Lipinski definition) is 2. The fourth-order valence-corrected chi connectivity index (χ4v) is 2.52. The van der Waals surface area contributed by atoms with Crippen molar-refractivity contribution in [3.63, 3.8) is 0 Å². The number of imidazole rings is 1. The third-order valence-electron chi connectivity index (χ3n) is 3.66. The summed E-state index contributed by atoms with van der Waals surface area (Å²) >= 11 is 0. The van der Waals surface area contributed by atoms with Crippen LogP contribution in [-0.4, -0.2) is 26.2 Å². The van der Waals surface area contributed by atoms with E-state index in [1.807, 2.05) is 13.8 Å². The molecule has 0 unspecified atom stereocenters. The molecule has 0 radical (unpaired) electrons.